The minimum absolute atomic E-state index is 0.134. The van der Waals surface area contributed by atoms with Gasteiger partial charge >= 0.3 is 0 Å². The van der Waals surface area contributed by atoms with Gasteiger partial charge in [0.2, 0.25) is 16.2 Å². The van der Waals surface area contributed by atoms with Crippen LogP contribution in [-0.2, 0) is 10.3 Å². The van der Waals surface area contributed by atoms with Crippen LogP contribution in [0.1, 0.15) is 0 Å². The molecule has 1 aromatic rings. The van der Waals surface area contributed by atoms with Gasteiger partial charge < -0.3 is 4.74 Å². The number of aliphatic imine (C=N–C) groups is 1. The maximum absolute atomic E-state index is 10.6. The van der Waals surface area contributed by atoms with Gasteiger partial charge in [0.15, 0.2) is 0 Å². The molecule has 0 atom stereocenters. The lowest BCUT2D eigenvalue weighted by Crippen LogP contribution is -2.14. The van der Waals surface area contributed by atoms with Gasteiger partial charge in [0.25, 0.3) is 0 Å². The smallest absolute Gasteiger partial charge is 0.219 e. The van der Waals surface area contributed by atoms with Crippen LogP contribution in [-0.4, -0.2) is 25.7 Å². The Balaban J connectivity index is 2.11. The van der Waals surface area contributed by atoms with Gasteiger partial charge in [-0.2, -0.15) is 8.42 Å². The molecule has 0 fully saturated rings. The first-order valence-corrected chi connectivity index (χ1v) is 5.74. The standard InChI is InChI=1S/C11H9NO3S/c13-16(14)10-6-7-11(12-8-10)15-9-4-2-1-3-5-9/h1-7H,8H2. The second kappa shape index (κ2) is 4.76. The highest BCUT2D eigenvalue weighted by Gasteiger charge is 2.06. The van der Waals surface area contributed by atoms with Crippen molar-refractivity contribution in [1.29, 1.82) is 0 Å². The predicted molar refractivity (Wildman–Crippen MR) is 62.4 cm³/mol. The number of ether oxygens (including phenoxy) is 1. The van der Waals surface area contributed by atoms with Crippen LogP contribution in [0.5, 0.6) is 5.75 Å². The van der Waals surface area contributed by atoms with Crippen molar-refractivity contribution in [2.24, 2.45) is 4.99 Å². The molecule has 4 nitrogen and oxygen atoms in total. The van der Waals surface area contributed by atoms with Crippen molar-refractivity contribution >= 4 is 21.1 Å². The third kappa shape index (κ3) is 2.58. The monoisotopic (exact) mass is 235 g/mol. The molecule has 2 rings (SSSR count). The predicted octanol–water partition coefficient (Wildman–Crippen LogP) is 1.09. The molecular weight excluding hydrogens is 226 g/mol. The summed E-state index contributed by atoms with van der Waals surface area (Å²) in [6.07, 6.45) is 3.04. The van der Waals surface area contributed by atoms with Crippen molar-refractivity contribution < 1.29 is 13.2 Å². The molecule has 5 heteroatoms. The number of hydrogen-bond donors (Lipinski definition) is 0. The summed E-state index contributed by atoms with van der Waals surface area (Å²) in [6, 6.07) is 9.21. The topological polar surface area (TPSA) is 55.7 Å². The van der Waals surface area contributed by atoms with Crippen molar-refractivity contribution in [2.75, 3.05) is 6.54 Å². The lowest BCUT2D eigenvalue weighted by molar-refractivity contribution is 0.553. The van der Waals surface area contributed by atoms with E-state index < -0.39 is 10.3 Å². The summed E-state index contributed by atoms with van der Waals surface area (Å²) in [5.74, 6) is 1.10. The molecule has 0 aliphatic carbocycles. The molecule has 0 amide bonds. The lowest BCUT2D eigenvalue weighted by atomic mass is 10.3. The normalized spacial score (nSPS) is 14.5. The van der Waals surface area contributed by atoms with E-state index in [0.29, 0.717) is 11.6 Å². The molecule has 0 bridgehead atoms. The average Bonchev–Trinajstić information content (AvgIpc) is 2.31. The van der Waals surface area contributed by atoms with Gasteiger partial charge in [0.05, 0.1) is 11.4 Å². The molecule has 1 aliphatic heterocycles. The first kappa shape index (κ1) is 10.6. The van der Waals surface area contributed by atoms with Crippen LogP contribution in [0.2, 0.25) is 0 Å². The van der Waals surface area contributed by atoms with Crippen LogP contribution < -0.4 is 4.74 Å². The molecular formula is C11H9NO3S. The van der Waals surface area contributed by atoms with Gasteiger partial charge in [-0.05, 0) is 18.2 Å². The highest BCUT2D eigenvalue weighted by Crippen LogP contribution is 2.10. The van der Waals surface area contributed by atoms with Gasteiger partial charge in [-0.15, -0.1) is 0 Å². The average molecular weight is 235 g/mol. The number of nitrogens with zero attached hydrogens (tertiary/aromatic N) is 1. The molecule has 1 aromatic carbocycles. The van der Waals surface area contributed by atoms with Gasteiger partial charge in [-0.1, -0.05) is 18.2 Å². The van der Waals surface area contributed by atoms with Gasteiger partial charge in [0.1, 0.15) is 5.75 Å². The first-order chi connectivity index (χ1) is 7.75. The Kier molecular flexibility index (Phi) is 3.16. The molecule has 16 heavy (non-hydrogen) atoms. The molecule has 0 N–H and O–H groups in total. The zero-order valence-electron chi connectivity index (χ0n) is 8.33. The minimum Gasteiger partial charge on any atom is -0.439 e. The van der Waals surface area contributed by atoms with Crippen molar-refractivity contribution in [3.8, 4) is 5.75 Å². The fraction of sp³-hybridized carbons (Fsp3) is 0.0909. The van der Waals surface area contributed by atoms with Crippen LogP contribution in [0, 0.1) is 0 Å². The first-order valence-electron chi connectivity index (χ1n) is 4.66. The summed E-state index contributed by atoms with van der Waals surface area (Å²) in [4.78, 5) is 4.27. The largest absolute Gasteiger partial charge is 0.439 e. The fourth-order valence-electron chi connectivity index (χ4n) is 1.21. The van der Waals surface area contributed by atoms with E-state index in [1.165, 1.54) is 6.08 Å². The summed E-state index contributed by atoms with van der Waals surface area (Å²) < 4.78 is 26.7. The van der Waals surface area contributed by atoms with Crippen molar-refractivity contribution in [3.63, 3.8) is 0 Å². The highest BCUT2D eigenvalue weighted by atomic mass is 32.2. The molecule has 0 spiro atoms. The van der Waals surface area contributed by atoms with Gasteiger partial charge in [0, 0.05) is 6.08 Å². The van der Waals surface area contributed by atoms with Crippen LogP contribution in [0.25, 0.3) is 0 Å². The minimum atomic E-state index is -2.20. The molecule has 1 heterocycles. The maximum Gasteiger partial charge on any atom is 0.219 e. The third-order valence-corrected chi connectivity index (χ3v) is 2.68. The van der Waals surface area contributed by atoms with E-state index in [9.17, 15) is 8.42 Å². The van der Waals surface area contributed by atoms with Crippen LogP contribution >= 0.6 is 0 Å². The molecule has 0 unspecified atom stereocenters. The number of benzene rings is 1. The quantitative estimate of drug-likeness (QED) is 0.684. The van der Waals surface area contributed by atoms with E-state index in [2.05, 4.69) is 4.99 Å². The Morgan fingerprint density at radius 3 is 2.44 bits per heavy atom. The number of hydrogen-bond acceptors (Lipinski definition) is 4. The van der Waals surface area contributed by atoms with Crippen molar-refractivity contribution in [1.82, 2.24) is 0 Å². The molecule has 0 saturated heterocycles. The summed E-state index contributed by atoms with van der Waals surface area (Å²) >= 11 is 0. The van der Waals surface area contributed by atoms with Crippen LogP contribution in [0.3, 0.4) is 0 Å². The summed E-state index contributed by atoms with van der Waals surface area (Å²) in [6.45, 7) is 0.134. The molecule has 0 radical (unpaired) electrons. The maximum atomic E-state index is 10.6. The Morgan fingerprint density at radius 1 is 1.12 bits per heavy atom. The molecule has 0 saturated carbocycles. The second-order valence-electron chi connectivity index (χ2n) is 3.10. The number of para-hydroxylation sites is 1. The summed E-state index contributed by atoms with van der Waals surface area (Å²) in [5.41, 5.74) is 0. The Morgan fingerprint density at radius 2 is 1.88 bits per heavy atom. The third-order valence-electron chi connectivity index (χ3n) is 1.98. The van der Waals surface area contributed by atoms with Crippen LogP contribution in [0.4, 0.5) is 0 Å². The van der Waals surface area contributed by atoms with Crippen LogP contribution in [0.15, 0.2) is 47.5 Å². The fourth-order valence-corrected chi connectivity index (χ4v) is 1.56. The Bertz CT molecular complexity index is 563. The number of rotatable bonds is 1. The van der Waals surface area contributed by atoms with Gasteiger partial charge in [-0.25, -0.2) is 4.99 Å². The summed E-state index contributed by atoms with van der Waals surface area (Å²) in [5, 5.41) is 0. The SMILES string of the molecule is O=S(=O)=C1C=CC(Oc2ccccc2)=NC1. The summed E-state index contributed by atoms with van der Waals surface area (Å²) in [7, 11) is -2.20. The Labute approximate surface area is 94.4 Å². The lowest BCUT2D eigenvalue weighted by Gasteiger charge is -2.07. The highest BCUT2D eigenvalue weighted by molar-refractivity contribution is 7.73. The second-order valence-corrected chi connectivity index (χ2v) is 4.10. The zero-order valence-corrected chi connectivity index (χ0v) is 9.15. The zero-order chi connectivity index (χ0) is 11.4. The van der Waals surface area contributed by atoms with Crippen molar-refractivity contribution in [2.45, 2.75) is 0 Å². The van der Waals surface area contributed by atoms with E-state index >= 15 is 0 Å². The molecule has 82 valence electrons. The van der Waals surface area contributed by atoms with E-state index in [1.807, 2.05) is 18.2 Å². The van der Waals surface area contributed by atoms with E-state index in [1.54, 1.807) is 18.2 Å². The van der Waals surface area contributed by atoms with Gasteiger partial charge in [-0.3, -0.25) is 0 Å². The molecule has 0 aromatic heterocycles. The van der Waals surface area contributed by atoms with E-state index in [0.717, 1.165) is 0 Å². The van der Waals surface area contributed by atoms with E-state index in [4.69, 9.17) is 4.74 Å². The van der Waals surface area contributed by atoms with E-state index in [-0.39, 0.29) is 11.4 Å². The number of dihydropyridines is 1. The molecule has 1 aliphatic rings. The Hall–Kier alpha value is -1.88. The van der Waals surface area contributed by atoms with Crippen molar-refractivity contribution in [3.05, 3.63) is 42.5 Å².